The smallest absolute Gasteiger partial charge is 0.225 e. The van der Waals surface area contributed by atoms with Crippen molar-refractivity contribution in [2.75, 3.05) is 19.0 Å². The lowest BCUT2D eigenvalue weighted by Crippen LogP contribution is -2.43. The van der Waals surface area contributed by atoms with E-state index in [-0.39, 0.29) is 0 Å². The maximum Gasteiger partial charge on any atom is 0.225 e. The first-order valence-electron chi connectivity index (χ1n) is 6.62. The molecule has 2 aliphatic carbocycles. The number of rotatable bonds is 2. The number of carbonyl (C=O) groups is 1. The molecule has 0 spiro atoms. The van der Waals surface area contributed by atoms with Crippen LogP contribution >= 0.6 is 11.6 Å². The summed E-state index contributed by atoms with van der Waals surface area (Å²) < 4.78 is 0. The van der Waals surface area contributed by atoms with E-state index < -0.39 is 0 Å². The fourth-order valence-electron chi connectivity index (χ4n) is 3.57. The van der Waals surface area contributed by atoms with Crippen molar-refractivity contribution in [3.8, 4) is 0 Å². The van der Waals surface area contributed by atoms with E-state index in [9.17, 15) is 4.79 Å². The van der Waals surface area contributed by atoms with Gasteiger partial charge in [-0.3, -0.25) is 4.79 Å². The van der Waals surface area contributed by atoms with Crippen molar-refractivity contribution in [1.82, 2.24) is 4.90 Å². The molecule has 3 fully saturated rings. The van der Waals surface area contributed by atoms with Crippen LogP contribution in [0, 0.1) is 23.7 Å². The van der Waals surface area contributed by atoms with Crippen molar-refractivity contribution in [3.05, 3.63) is 0 Å². The normalized spacial score (nSPS) is 41.9. The summed E-state index contributed by atoms with van der Waals surface area (Å²) in [6, 6.07) is 0. The van der Waals surface area contributed by atoms with E-state index in [1.807, 2.05) is 0 Å². The number of piperidine rings is 1. The first-order chi connectivity index (χ1) is 7.78. The number of halogens is 1. The number of likely N-dealkylation sites (tertiary alicyclic amines) is 1. The molecule has 1 saturated heterocycles. The molecule has 1 aliphatic heterocycles. The van der Waals surface area contributed by atoms with Gasteiger partial charge in [0.05, 0.1) is 0 Å². The largest absolute Gasteiger partial charge is 0.342 e. The van der Waals surface area contributed by atoms with Crippen LogP contribution in [0.1, 0.15) is 32.1 Å². The Hall–Kier alpha value is -0.240. The van der Waals surface area contributed by atoms with Gasteiger partial charge >= 0.3 is 0 Å². The first kappa shape index (κ1) is 10.9. The van der Waals surface area contributed by atoms with Gasteiger partial charge in [-0.15, -0.1) is 11.6 Å². The van der Waals surface area contributed by atoms with E-state index in [0.29, 0.717) is 23.6 Å². The third kappa shape index (κ3) is 1.97. The Morgan fingerprint density at radius 2 is 2.00 bits per heavy atom. The molecule has 3 aliphatic rings. The minimum atomic E-state index is 0.359. The van der Waals surface area contributed by atoms with Crippen LogP contribution in [0.15, 0.2) is 0 Å². The Kier molecular flexibility index (Phi) is 2.87. The minimum absolute atomic E-state index is 0.359. The zero-order valence-corrected chi connectivity index (χ0v) is 10.5. The lowest BCUT2D eigenvalue weighted by molar-refractivity contribution is -0.137. The monoisotopic (exact) mass is 241 g/mol. The highest BCUT2D eigenvalue weighted by molar-refractivity contribution is 6.18. The van der Waals surface area contributed by atoms with Gasteiger partial charge in [-0.25, -0.2) is 0 Å². The van der Waals surface area contributed by atoms with Crippen molar-refractivity contribution in [2.24, 2.45) is 23.7 Å². The minimum Gasteiger partial charge on any atom is -0.342 e. The van der Waals surface area contributed by atoms with Crippen LogP contribution < -0.4 is 0 Å². The van der Waals surface area contributed by atoms with E-state index in [1.165, 1.54) is 25.7 Å². The van der Waals surface area contributed by atoms with Gasteiger partial charge in [0.15, 0.2) is 0 Å². The molecule has 0 aromatic carbocycles. The topological polar surface area (TPSA) is 20.3 Å². The van der Waals surface area contributed by atoms with Gasteiger partial charge in [0.2, 0.25) is 5.91 Å². The van der Waals surface area contributed by atoms with E-state index in [0.717, 1.165) is 31.3 Å². The maximum absolute atomic E-state index is 12.3. The zero-order chi connectivity index (χ0) is 11.1. The first-order valence-corrected chi connectivity index (χ1v) is 7.16. The Morgan fingerprint density at radius 3 is 2.69 bits per heavy atom. The molecule has 1 amide bonds. The molecule has 3 rings (SSSR count). The number of alkyl halides is 1. The van der Waals surface area contributed by atoms with Gasteiger partial charge in [-0.1, -0.05) is 0 Å². The third-order valence-electron chi connectivity index (χ3n) is 4.64. The highest BCUT2D eigenvalue weighted by Crippen LogP contribution is 2.54. The van der Waals surface area contributed by atoms with Gasteiger partial charge in [-0.2, -0.15) is 0 Å². The van der Waals surface area contributed by atoms with Crippen molar-refractivity contribution in [3.63, 3.8) is 0 Å². The molecule has 2 nitrogen and oxygen atoms in total. The van der Waals surface area contributed by atoms with Gasteiger partial charge in [0, 0.05) is 24.9 Å². The molecule has 0 bridgehead atoms. The Bertz CT molecular complexity index is 284. The number of amides is 1. The molecule has 0 N–H and O–H groups in total. The van der Waals surface area contributed by atoms with Gasteiger partial charge in [0.1, 0.15) is 0 Å². The molecule has 3 unspecified atom stereocenters. The summed E-state index contributed by atoms with van der Waals surface area (Å²) >= 11 is 5.90. The second kappa shape index (κ2) is 4.21. The molecule has 0 radical (unpaired) electrons. The molecule has 0 aromatic heterocycles. The van der Waals surface area contributed by atoms with Crippen molar-refractivity contribution >= 4 is 17.5 Å². The summed E-state index contributed by atoms with van der Waals surface area (Å²) in [5, 5.41) is 0. The number of hydrogen-bond acceptors (Lipinski definition) is 1. The summed E-state index contributed by atoms with van der Waals surface area (Å²) in [6.07, 6.45) is 6.08. The molecule has 2 saturated carbocycles. The predicted octanol–water partition coefficient (Wildman–Crippen LogP) is 2.51. The molecular formula is C13H20ClNO. The van der Waals surface area contributed by atoms with Crippen LogP contribution in [-0.2, 0) is 4.79 Å². The number of carbonyl (C=O) groups excluding carboxylic acids is 1. The molecule has 16 heavy (non-hydrogen) atoms. The summed E-state index contributed by atoms with van der Waals surface area (Å²) in [5.74, 6) is 3.85. The van der Waals surface area contributed by atoms with Crippen molar-refractivity contribution in [2.45, 2.75) is 32.1 Å². The van der Waals surface area contributed by atoms with Gasteiger partial charge < -0.3 is 4.90 Å². The van der Waals surface area contributed by atoms with Gasteiger partial charge in [0.25, 0.3) is 0 Å². The highest BCUT2D eigenvalue weighted by Gasteiger charge is 2.48. The van der Waals surface area contributed by atoms with Crippen LogP contribution in [0.4, 0.5) is 0 Å². The average Bonchev–Trinajstić information content (AvgIpc) is 2.95. The highest BCUT2D eigenvalue weighted by atomic mass is 35.5. The molecular weight excluding hydrogens is 222 g/mol. The van der Waals surface area contributed by atoms with Gasteiger partial charge in [-0.05, 0) is 49.9 Å². The lowest BCUT2D eigenvalue weighted by atomic mass is 9.96. The molecule has 3 atom stereocenters. The number of nitrogens with zero attached hydrogens (tertiary/aromatic N) is 1. The molecule has 1 heterocycles. The van der Waals surface area contributed by atoms with Crippen LogP contribution in [0.5, 0.6) is 0 Å². The Morgan fingerprint density at radius 1 is 1.25 bits per heavy atom. The van der Waals surface area contributed by atoms with Crippen molar-refractivity contribution in [1.29, 1.82) is 0 Å². The Labute approximate surface area is 102 Å². The van der Waals surface area contributed by atoms with Crippen LogP contribution in [0.2, 0.25) is 0 Å². The third-order valence-corrected chi connectivity index (χ3v) is 5.08. The van der Waals surface area contributed by atoms with E-state index in [2.05, 4.69) is 4.90 Å². The average molecular weight is 242 g/mol. The van der Waals surface area contributed by atoms with Crippen LogP contribution in [-0.4, -0.2) is 29.8 Å². The quantitative estimate of drug-likeness (QED) is 0.681. The van der Waals surface area contributed by atoms with E-state index >= 15 is 0 Å². The summed E-state index contributed by atoms with van der Waals surface area (Å²) in [6.45, 7) is 1.88. The summed E-state index contributed by atoms with van der Waals surface area (Å²) in [7, 11) is 0. The molecule has 90 valence electrons. The second-order valence-corrected chi connectivity index (χ2v) is 6.18. The predicted molar refractivity (Wildman–Crippen MR) is 64.3 cm³/mol. The van der Waals surface area contributed by atoms with Crippen LogP contribution in [0.3, 0.4) is 0 Å². The van der Waals surface area contributed by atoms with E-state index in [4.69, 9.17) is 11.6 Å². The summed E-state index contributed by atoms with van der Waals surface area (Å²) in [5.41, 5.74) is 0. The maximum atomic E-state index is 12.3. The fourth-order valence-corrected chi connectivity index (χ4v) is 3.82. The van der Waals surface area contributed by atoms with Crippen molar-refractivity contribution < 1.29 is 4.79 Å². The zero-order valence-electron chi connectivity index (χ0n) is 9.70. The summed E-state index contributed by atoms with van der Waals surface area (Å²) in [4.78, 5) is 14.4. The molecule has 3 heteroatoms. The fraction of sp³-hybridized carbons (Fsp3) is 0.923. The number of fused-ring (bicyclic) bond motifs is 1. The van der Waals surface area contributed by atoms with Crippen LogP contribution in [0.25, 0.3) is 0 Å². The number of hydrogen-bond donors (Lipinski definition) is 0. The van der Waals surface area contributed by atoms with E-state index in [1.54, 1.807) is 0 Å². The Balaban J connectivity index is 1.57. The second-order valence-electron chi connectivity index (χ2n) is 5.87. The lowest BCUT2D eigenvalue weighted by Gasteiger charge is -2.33. The standard InChI is InChI=1S/C13H20ClNO/c14-7-9-2-1-3-15(8-9)13(16)12-5-10-4-11(10)6-12/h9-12H,1-8H2. The molecule has 0 aromatic rings. The SMILES string of the molecule is O=C(C1CC2CC2C1)N1CCCC(CCl)C1.